The number of nitrogens with zero attached hydrogens (tertiary/aromatic N) is 4. The Morgan fingerprint density at radius 1 is 1.50 bits per heavy atom. The molecule has 0 unspecified atom stereocenters. The standard InChI is InChI=1S/C7H4N4O/c8-1-5-2-10-11-4-6(12)3-9-7(5)11/h2-4,12H. The van der Waals surface area contributed by atoms with E-state index in [-0.39, 0.29) is 5.75 Å². The highest BCUT2D eigenvalue weighted by molar-refractivity contribution is 5.53. The molecule has 0 spiro atoms. The first-order valence-corrected chi connectivity index (χ1v) is 3.24. The van der Waals surface area contributed by atoms with Gasteiger partial charge < -0.3 is 5.11 Å². The lowest BCUT2D eigenvalue weighted by molar-refractivity contribution is 0.467. The van der Waals surface area contributed by atoms with Gasteiger partial charge in [0.15, 0.2) is 11.4 Å². The third kappa shape index (κ3) is 0.787. The molecule has 5 nitrogen and oxygen atoms in total. The van der Waals surface area contributed by atoms with Crippen LogP contribution < -0.4 is 0 Å². The van der Waals surface area contributed by atoms with Crippen LogP contribution in [0.4, 0.5) is 0 Å². The van der Waals surface area contributed by atoms with Crippen molar-refractivity contribution in [3.8, 4) is 11.8 Å². The van der Waals surface area contributed by atoms with Gasteiger partial charge in [0.1, 0.15) is 11.6 Å². The quantitative estimate of drug-likeness (QED) is 0.601. The zero-order chi connectivity index (χ0) is 8.55. The first-order chi connectivity index (χ1) is 5.81. The molecule has 0 aliphatic carbocycles. The van der Waals surface area contributed by atoms with Crippen molar-refractivity contribution in [2.45, 2.75) is 0 Å². The number of aromatic hydroxyl groups is 1. The van der Waals surface area contributed by atoms with E-state index in [1.165, 1.54) is 23.1 Å². The van der Waals surface area contributed by atoms with Gasteiger partial charge in [-0.3, -0.25) is 0 Å². The predicted octanol–water partition coefficient (Wildman–Crippen LogP) is 0.307. The van der Waals surface area contributed by atoms with Crippen molar-refractivity contribution in [2.24, 2.45) is 0 Å². The summed E-state index contributed by atoms with van der Waals surface area (Å²) in [6.07, 6.45) is 4.07. The second-order valence-corrected chi connectivity index (χ2v) is 2.25. The van der Waals surface area contributed by atoms with Crippen molar-refractivity contribution < 1.29 is 5.11 Å². The molecule has 12 heavy (non-hydrogen) atoms. The predicted molar refractivity (Wildman–Crippen MR) is 39.4 cm³/mol. The van der Waals surface area contributed by atoms with Gasteiger partial charge in [0, 0.05) is 0 Å². The first kappa shape index (κ1) is 6.61. The average Bonchev–Trinajstić information content (AvgIpc) is 2.46. The first-order valence-electron chi connectivity index (χ1n) is 3.24. The summed E-state index contributed by atoms with van der Waals surface area (Å²) in [5.74, 6) is 0.0232. The Morgan fingerprint density at radius 2 is 2.33 bits per heavy atom. The zero-order valence-electron chi connectivity index (χ0n) is 5.97. The molecule has 0 aliphatic heterocycles. The van der Waals surface area contributed by atoms with Crippen molar-refractivity contribution >= 4 is 5.65 Å². The Labute approximate surface area is 67.5 Å². The Morgan fingerprint density at radius 3 is 3.08 bits per heavy atom. The lowest BCUT2D eigenvalue weighted by atomic mass is 10.4. The van der Waals surface area contributed by atoms with E-state index in [0.717, 1.165) is 0 Å². The number of hydrogen-bond acceptors (Lipinski definition) is 4. The second-order valence-electron chi connectivity index (χ2n) is 2.25. The number of aromatic nitrogens is 3. The molecule has 2 rings (SSSR count). The molecule has 0 aliphatic rings. The summed E-state index contributed by atoms with van der Waals surface area (Å²) >= 11 is 0. The van der Waals surface area contributed by atoms with Gasteiger partial charge >= 0.3 is 0 Å². The van der Waals surface area contributed by atoms with E-state index in [9.17, 15) is 0 Å². The van der Waals surface area contributed by atoms with Crippen LogP contribution in [0.3, 0.4) is 0 Å². The summed E-state index contributed by atoms with van der Waals surface area (Å²) in [6.45, 7) is 0. The largest absolute Gasteiger partial charge is 0.505 e. The van der Waals surface area contributed by atoms with E-state index in [0.29, 0.717) is 11.2 Å². The lowest BCUT2D eigenvalue weighted by Crippen LogP contribution is -1.88. The molecule has 0 atom stereocenters. The van der Waals surface area contributed by atoms with Crippen LogP contribution >= 0.6 is 0 Å². The molecule has 2 heterocycles. The Bertz CT molecular complexity index is 468. The van der Waals surface area contributed by atoms with Crippen molar-refractivity contribution in [2.75, 3.05) is 0 Å². The van der Waals surface area contributed by atoms with Crippen LogP contribution in [0, 0.1) is 11.3 Å². The van der Waals surface area contributed by atoms with Gasteiger partial charge in [-0.15, -0.1) is 0 Å². The molecular weight excluding hydrogens is 156 g/mol. The van der Waals surface area contributed by atoms with Crippen molar-refractivity contribution in [1.82, 2.24) is 14.6 Å². The maximum atomic E-state index is 9.01. The average molecular weight is 160 g/mol. The molecule has 2 aromatic heterocycles. The summed E-state index contributed by atoms with van der Waals surface area (Å²) in [4.78, 5) is 3.84. The van der Waals surface area contributed by atoms with Crippen molar-refractivity contribution in [3.05, 3.63) is 24.2 Å². The van der Waals surface area contributed by atoms with Crippen LogP contribution in [0.2, 0.25) is 0 Å². The molecule has 0 saturated heterocycles. The fourth-order valence-corrected chi connectivity index (χ4v) is 0.944. The Kier molecular flexibility index (Phi) is 1.21. The third-order valence-electron chi connectivity index (χ3n) is 1.46. The summed E-state index contributed by atoms with van der Waals surface area (Å²) < 4.78 is 1.36. The van der Waals surface area contributed by atoms with Gasteiger partial charge in [0.25, 0.3) is 0 Å². The topological polar surface area (TPSA) is 74.2 Å². The van der Waals surface area contributed by atoms with Gasteiger partial charge in [-0.2, -0.15) is 10.4 Å². The Hall–Kier alpha value is -2.09. The van der Waals surface area contributed by atoms with Crippen LogP contribution in [-0.4, -0.2) is 19.7 Å². The monoisotopic (exact) mass is 160 g/mol. The summed E-state index contributed by atoms with van der Waals surface area (Å²) in [7, 11) is 0. The van der Waals surface area contributed by atoms with Crippen molar-refractivity contribution in [3.63, 3.8) is 0 Å². The van der Waals surface area contributed by atoms with Gasteiger partial charge in [0.05, 0.1) is 18.6 Å². The highest BCUT2D eigenvalue weighted by Crippen LogP contribution is 2.10. The van der Waals surface area contributed by atoms with Crippen LogP contribution in [0.5, 0.6) is 5.75 Å². The Balaban J connectivity index is 2.84. The number of fused-ring (bicyclic) bond motifs is 1. The fraction of sp³-hybridized carbons (Fsp3) is 0. The summed E-state index contributed by atoms with van der Waals surface area (Å²) in [5.41, 5.74) is 0.852. The smallest absolute Gasteiger partial charge is 0.173 e. The minimum atomic E-state index is 0.0232. The lowest BCUT2D eigenvalue weighted by Gasteiger charge is -1.92. The molecule has 0 aromatic carbocycles. The third-order valence-corrected chi connectivity index (χ3v) is 1.46. The molecule has 58 valence electrons. The minimum Gasteiger partial charge on any atom is -0.505 e. The summed E-state index contributed by atoms with van der Waals surface area (Å²) in [5, 5.41) is 21.4. The van der Waals surface area contributed by atoms with E-state index < -0.39 is 0 Å². The summed E-state index contributed by atoms with van der Waals surface area (Å²) in [6, 6.07) is 1.94. The fourth-order valence-electron chi connectivity index (χ4n) is 0.944. The number of rotatable bonds is 0. The van der Waals surface area contributed by atoms with Gasteiger partial charge in [-0.25, -0.2) is 9.50 Å². The van der Waals surface area contributed by atoms with E-state index in [1.54, 1.807) is 0 Å². The van der Waals surface area contributed by atoms with Crippen LogP contribution in [0.1, 0.15) is 5.56 Å². The molecule has 1 N–H and O–H groups in total. The zero-order valence-corrected chi connectivity index (χ0v) is 5.97. The molecule has 0 bridgehead atoms. The minimum absolute atomic E-state index is 0.0232. The van der Waals surface area contributed by atoms with E-state index >= 15 is 0 Å². The molecule has 0 saturated carbocycles. The van der Waals surface area contributed by atoms with Crippen molar-refractivity contribution in [1.29, 1.82) is 5.26 Å². The molecule has 0 fully saturated rings. The highest BCUT2D eigenvalue weighted by atomic mass is 16.3. The normalized spacial score (nSPS) is 9.92. The molecular formula is C7H4N4O. The van der Waals surface area contributed by atoms with Crippen LogP contribution in [-0.2, 0) is 0 Å². The van der Waals surface area contributed by atoms with E-state index in [4.69, 9.17) is 10.4 Å². The van der Waals surface area contributed by atoms with E-state index in [2.05, 4.69) is 10.1 Å². The van der Waals surface area contributed by atoms with Gasteiger partial charge in [-0.05, 0) is 0 Å². The molecule has 2 aromatic rings. The van der Waals surface area contributed by atoms with Gasteiger partial charge in [-0.1, -0.05) is 0 Å². The maximum Gasteiger partial charge on any atom is 0.173 e. The molecule has 0 radical (unpaired) electrons. The second kappa shape index (κ2) is 2.20. The number of hydrogen-bond donors (Lipinski definition) is 1. The van der Waals surface area contributed by atoms with Crippen LogP contribution in [0.25, 0.3) is 5.65 Å². The van der Waals surface area contributed by atoms with Crippen LogP contribution in [0.15, 0.2) is 18.6 Å². The van der Waals surface area contributed by atoms with Gasteiger partial charge in [0.2, 0.25) is 0 Å². The SMILES string of the molecule is N#Cc1cnn2cc(O)cnc12. The molecule has 0 amide bonds. The molecule has 5 heteroatoms. The number of nitriles is 1. The maximum absolute atomic E-state index is 9.01. The highest BCUT2D eigenvalue weighted by Gasteiger charge is 2.03. The van der Waals surface area contributed by atoms with E-state index in [1.807, 2.05) is 6.07 Å².